The van der Waals surface area contributed by atoms with Crippen molar-refractivity contribution in [2.45, 2.75) is 24.9 Å². The summed E-state index contributed by atoms with van der Waals surface area (Å²) in [5.74, 6) is -0.623. The summed E-state index contributed by atoms with van der Waals surface area (Å²) in [5, 5.41) is 2.54. The summed E-state index contributed by atoms with van der Waals surface area (Å²) in [6, 6.07) is 14.8. The first kappa shape index (κ1) is 29.6. The van der Waals surface area contributed by atoms with Crippen LogP contribution in [0.2, 0.25) is 0 Å². The molecule has 7 nitrogen and oxygen atoms in total. The van der Waals surface area contributed by atoms with E-state index in [4.69, 9.17) is 4.74 Å². The third-order valence-electron chi connectivity index (χ3n) is 6.00. The number of para-hydroxylation sites is 1. The summed E-state index contributed by atoms with van der Waals surface area (Å²) < 4.78 is 110. The second kappa shape index (κ2) is 12.0. The van der Waals surface area contributed by atoms with Crippen molar-refractivity contribution in [3.05, 3.63) is 72.3 Å². The van der Waals surface area contributed by atoms with E-state index < -0.39 is 42.5 Å². The summed E-state index contributed by atoms with van der Waals surface area (Å²) in [7, 11) is 1.19. The predicted molar refractivity (Wildman–Crippen MR) is 133 cm³/mol. The van der Waals surface area contributed by atoms with Gasteiger partial charge in [0.05, 0.1) is 18.8 Å². The molecule has 4 rings (SSSR count). The Morgan fingerprint density at radius 3 is 2.37 bits per heavy atom. The lowest BCUT2D eigenvalue weighted by atomic mass is 9.98. The van der Waals surface area contributed by atoms with Crippen molar-refractivity contribution in [2.75, 3.05) is 31.7 Å². The molecule has 1 amide bonds. The minimum atomic E-state index is -4.89. The van der Waals surface area contributed by atoms with Crippen LogP contribution >= 0.6 is 0 Å². The molecule has 0 aliphatic carbocycles. The normalized spacial score (nSPS) is 15.1. The van der Waals surface area contributed by atoms with Crippen molar-refractivity contribution >= 4 is 11.8 Å². The summed E-state index contributed by atoms with van der Waals surface area (Å²) >= 11 is 0. The second-order valence-electron chi connectivity index (χ2n) is 8.71. The second-order valence-corrected chi connectivity index (χ2v) is 8.71. The third kappa shape index (κ3) is 7.24. The first-order chi connectivity index (χ1) is 19.4. The lowest BCUT2D eigenvalue weighted by Gasteiger charge is -2.40. The van der Waals surface area contributed by atoms with E-state index in [0.29, 0.717) is 28.1 Å². The van der Waals surface area contributed by atoms with Crippen LogP contribution in [-0.2, 0) is 4.74 Å². The fraction of sp³-hybridized carbons (Fsp3) is 0.296. The zero-order chi connectivity index (χ0) is 29.8. The number of fused-ring (bicyclic) bond motifs is 1. The standard InChI is InChI=1S/C27H23F7N2O5/c1-38-25(37)35-11-12-36-21-10-4-9-20(16-5-2-8-19(13-16)41-27(32,33)34)23(21)39-15-22(36)17-6-3-7-18(14-17)40-26(30,31)24(28)29/h2-10,13-14,22,24H,11-12,15H2,1H3,(H,35,37). The summed E-state index contributed by atoms with van der Waals surface area (Å²) in [6.45, 7) is 0.145. The number of rotatable bonds is 9. The van der Waals surface area contributed by atoms with E-state index in [1.54, 1.807) is 35.2 Å². The zero-order valence-electron chi connectivity index (χ0n) is 21.3. The van der Waals surface area contributed by atoms with Gasteiger partial charge in [0.1, 0.15) is 18.1 Å². The van der Waals surface area contributed by atoms with E-state index in [0.717, 1.165) is 12.1 Å². The minimum Gasteiger partial charge on any atom is -0.488 e. The van der Waals surface area contributed by atoms with E-state index in [2.05, 4.69) is 19.5 Å². The van der Waals surface area contributed by atoms with Crippen LogP contribution in [0.25, 0.3) is 11.1 Å². The highest BCUT2D eigenvalue weighted by molar-refractivity contribution is 5.80. The first-order valence-electron chi connectivity index (χ1n) is 12.0. The van der Waals surface area contributed by atoms with Crippen LogP contribution in [0.15, 0.2) is 66.7 Å². The fourth-order valence-corrected chi connectivity index (χ4v) is 4.30. The molecule has 0 bridgehead atoms. The number of hydrogen-bond acceptors (Lipinski definition) is 6. The molecule has 1 atom stereocenters. The maximum atomic E-state index is 13.5. The Balaban J connectivity index is 1.70. The number of nitrogens with one attached hydrogen (secondary N) is 1. The molecule has 0 aromatic heterocycles. The SMILES string of the molecule is COC(=O)NCCN1c2cccc(-c3cccc(OC(F)(F)F)c3)c2OCC1c1cccc(OC(F)(F)C(F)F)c1. The summed E-state index contributed by atoms with van der Waals surface area (Å²) in [4.78, 5) is 13.4. The fourth-order valence-electron chi connectivity index (χ4n) is 4.30. The average molecular weight is 588 g/mol. The molecule has 0 fully saturated rings. The zero-order valence-corrected chi connectivity index (χ0v) is 21.3. The van der Waals surface area contributed by atoms with Crippen LogP contribution < -0.4 is 24.4 Å². The van der Waals surface area contributed by atoms with Gasteiger partial charge in [-0.2, -0.15) is 17.6 Å². The van der Waals surface area contributed by atoms with E-state index in [-0.39, 0.29) is 19.7 Å². The molecule has 220 valence electrons. The van der Waals surface area contributed by atoms with Crippen LogP contribution in [0.5, 0.6) is 17.2 Å². The molecule has 14 heteroatoms. The number of carbonyl (C=O) groups excluding carboxylic acids is 1. The summed E-state index contributed by atoms with van der Waals surface area (Å²) in [6.07, 6.45) is -14.3. The molecule has 41 heavy (non-hydrogen) atoms. The minimum absolute atomic E-state index is 0.0708. The number of halogens is 7. The number of alkyl carbamates (subject to hydrolysis) is 1. The monoisotopic (exact) mass is 588 g/mol. The molecule has 0 spiro atoms. The Hall–Kier alpha value is -4.36. The van der Waals surface area contributed by atoms with Crippen LogP contribution in [0.3, 0.4) is 0 Å². The molecule has 0 radical (unpaired) electrons. The number of nitrogens with zero attached hydrogens (tertiary/aromatic N) is 1. The lowest BCUT2D eigenvalue weighted by Crippen LogP contribution is -2.41. The molecule has 1 unspecified atom stereocenters. The highest BCUT2D eigenvalue weighted by Gasteiger charge is 2.44. The predicted octanol–water partition coefficient (Wildman–Crippen LogP) is 6.79. The molecule has 1 aliphatic rings. The number of ether oxygens (including phenoxy) is 4. The Morgan fingerprint density at radius 2 is 1.68 bits per heavy atom. The van der Waals surface area contributed by atoms with Crippen LogP contribution in [-0.4, -0.2) is 51.8 Å². The lowest BCUT2D eigenvalue weighted by molar-refractivity contribution is -0.274. The molecule has 3 aromatic carbocycles. The third-order valence-corrected chi connectivity index (χ3v) is 6.00. The van der Waals surface area contributed by atoms with Crippen LogP contribution in [0, 0.1) is 0 Å². The van der Waals surface area contributed by atoms with Gasteiger partial charge in [0.25, 0.3) is 0 Å². The largest absolute Gasteiger partial charge is 0.573 e. The quantitative estimate of drug-likeness (QED) is 0.278. The van der Waals surface area contributed by atoms with Gasteiger partial charge >= 0.3 is 25.0 Å². The Labute approximate surface area is 229 Å². The molecule has 1 N–H and O–H groups in total. The number of benzene rings is 3. The number of hydrogen-bond donors (Lipinski definition) is 1. The number of carbonyl (C=O) groups is 1. The Kier molecular flexibility index (Phi) is 8.69. The Morgan fingerprint density at radius 1 is 1.00 bits per heavy atom. The summed E-state index contributed by atoms with van der Waals surface area (Å²) in [5.41, 5.74) is 1.64. The van der Waals surface area contributed by atoms with Gasteiger partial charge in [-0.15, -0.1) is 13.2 Å². The van der Waals surface area contributed by atoms with E-state index >= 15 is 0 Å². The molecule has 0 saturated heterocycles. The first-order valence-corrected chi connectivity index (χ1v) is 12.0. The number of amides is 1. The van der Waals surface area contributed by atoms with Gasteiger partial charge in [-0.3, -0.25) is 0 Å². The van der Waals surface area contributed by atoms with Gasteiger partial charge in [0.2, 0.25) is 0 Å². The van der Waals surface area contributed by atoms with E-state index in [9.17, 15) is 35.5 Å². The van der Waals surface area contributed by atoms with Crippen LogP contribution in [0.1, 0.15) is 11.6 Å². The van der Waals surface area contributed by atoms with Gasteiger partial charge in [-0.25, -0.2) is 4.79 Å². The smallest absolute Gasteiger partial charge is 0.488 e. The topological polar surface area (TPSA) is 69.3 Å². The van der Waals surface area contributed by atoms with Crippen LogP contribution in [0.4, 0.5) is 41.2 Å². The molecule has 3 aromatic rings. The van der Waals surface area contributed by atoms with Crippen molar-refractivity contribution in [2.24, 2.45) is 0 Å². The maximum absolute atomic E-state index is 13.5. The van der Waals surface area contributed by atoms with Crippen molar-refractivity contribution in [1.29, 1.82) is 0 Å². The molecular weight excluding hydrogens is 565 g/mol. The average Bonchev–Trinajstić information content (AvgIpc) is 2.91. The molecular formula is C27H23F7N2O5. The molecule has 1 aliphatic heterocycles. The van der Waals surface area contributed by atoms with Crippen molar-refractivity contribution in [3.63, 3.8) is 0 Å². The van der Waals surface area contributed by atoms with Gasteiger partial charge < -0.3 is 29.2 Å². The van der Waals surface area contributed by atoms with Gasteiger partial charge in [-0.1, -0.05) is 36.4 Å². The van der Waals surface area contributed by atoms with Crippen molar-refractivity contribution in [1.82, 2.24) is 5.32 Å². The van der Waals surface area contributed by atoms with E-state index in [1.165, 1.54) is 31.4 Å². The highest BCUT2D eigenvalue weighted by atomic mass is 19.4. The maximum Gasteiger partial charge on any atom is 0.573 e. The number of methoxy groups -OCH3 is 1. The number of alkyl halides is 7. The Bertz CT molecular complexity index is 1370. The number of anilines is 1. The van der Waals surface area contributed by atoms with Gasteiger partial charge in [-0.05, 0) is 41.5 Å². The van der Waals surface area contributed by atoms with Gasteiger partial charge in [0.15, 0.2) is 5.75 Å². The molecule has 1 heterocycles. The van der Waals surface area contributed by atoms with Gasteiger partial charge in [0, 0.05) is 18.7 Å². The van der Waals surface area contributed by atoms with Crippen molar-refractivity contribution in [3.8, 4) is 28.4 Å². The van der Waals surface area contributed by atoms with E-state index in [1.807, 2.05) is 0 Å². The van der Waals surface area contributed by atoms with Crippen molar-refractivity contribution < 1.29 is 54.5 Å². The highest BCUT2D eigenvalue weighted by Crippen LogP contribution is 2.46. The molecule has 0 saturated carbocycles.